The molecule has 29 heavy (non-hydrogen) atoms. The number of carbonyl (C=O) groups is 2. The van der Waals surface area contributed by atoms with Gasteiger partial charge in [0.15, 0.2) is 5.69 Å². The molecule has 3 aromatic rings. The van der Waals surface area contributed by atoms with Gasteiger partial charge in [0.05, 0.1) is 5.39 Å². The van der Waals surface area contributed by atoms with Gasteiger partial charge in [0.2, 0.25) is 6.10 Å². The van der Waals surface area contributed by atoms with E-state index in [-0.39, 0.29) is 17.2 Å². The molecule has 1 amide bonds. The van der Waals surface area contributed by atoms with Crippen LogP contribution in [0.1, 0.15) is 36.0 Å². The van der Waals surface area contributed by atoms with Crippen molar-refractivity contribution in [3.05, 3.63) is 76.2 Å². The molecule has 0 N–H and O–H groups in total. The Bertz CT molecular complexity index is 1090. The lowest BCUT2D eigenvalue weighted by Crippen LogP contribution is -2.37. The average molecular weight is 393 g/mol. The van der Waals surface area contributed by atoms with Gasteiger partial charge in [-0.05, 0) is 19.9 Å². The predicted molar refractivity (Wildman–Crippen MR) is 110 cm³/mol. The van der Waals surface area contributed by atoms with Crippen LogP contribution in [0.4, 0.5) is 0 Å². The minimum Gasteiger partial charge on any atom is -0.442 e. The number of nitrogens with zero attached hydrogens (tertiary/aromatic N) is 3. The van der Waals surface area contributed by atoms with Gasteiger partial charge in [0.1, 0.15) is 0 Å². The Morgan fingerprint density at radius 2 is 1.59 bits per heavy atom. The number of aryl methyl sites for hydroxylation is 1. The summed E-state index contributed by atoms with van der Waals surface area (Å²) in [4.78, 5) is 40.0. The van der Waals surface area contributed by atoms with Crippen molar-refractivity contribution in [2.45, 2.75) is 20.0 Å². The molecule has 0 saturated heterocycles. The third-order valence-electron chi connectivity index (χ3n) is 4.78. The Balaban J connectivity index is 2.04. The van der Waals surface area contributed by atoms with Crippen molar-refractivity contribution in [3.8, 4) is 0 Å². The van der Waals surface area contributed by atoms with E-state index in [2.05, 4.69) is 5.10 Å². The Morgan fingerprint density at radius 1 is 1.00 bits per heavy atom. The highest BCUT2D eigenvalue weighted by atomic mass is 16.5. The van der Waals surface area contributed by atoms with Crippen molar-refractivity contribution in [3.63, 3.8) is 0 Å². The molecular formula is C22H23N3O4. The van der Waals surface area contributed by atoms with Crippen molar-refractivity contribution < 1.29 is 14.3 Å². The van der Waals surface area contributed by atoms with Crippen LogP contribution in [0.3, 0.4) is 0 Å². The number of hydrogen-bond donors (Lipinski definition) is 0. The molecule has 7 nitrogen and oxygen atoms in total. The van der Waals surface area contributed by atoms with Gasteiger partial charge in [-0.1, -0.05) is 48.5 Å². The number of esters is 1. The second-order valence-electron chi connectivity index (χ2n) is 6.53. The Morgan fingerprint density at radius 3 is 2.21 bits per heavy atom. The molecule has 1 atom stereocenters. The van der Waals surface area contributed by atoms with Crippen LogP contribution in [0.25, 0.3) is 10.8 Å². The molecule has 0 spiro atoms. The fourth-order valence-electron chi connectivity index (χ4n) is 3.20. The summed E-state index contributed by atoms with van der Waals surface area (Å²) in [7, 11) is 1.47. The van der Waals surface area contributed by atoms with Crippen LogP contribution >= 0.6 is 0 Å². The summed E-state index contributed by atoms with van der Waals surface area (Å²) in [5.41, 5.74) is 0.263. The summed E-state index contributed by atoms with van der Waals surface area (Å²) in [5.74, 6) is -1.06. The molecule has 1 heterocycles. The molecule has 7 heteroatoms. The minimum absolute atomic E-state index is 0.00372. The van der Waals surface area contributed by atoms with E-state index in [1.54, 1.807) is 53.4 Å². The molecule has 0 aliphatic carbocycles. The first-order valence-corrected chi connectivity index (χ1v) is 9.48. The highest BCUT2D eigenvalue weighted by molar-refractivity contribution is 6.03. The number of benzene rings is 2. The van der Waals surface area contributed by atoms with E-state index >= 15 is 0 Å². The van der Waals surface area contributed by atoms with Gasteiger partial charge in [-0.15, -0.1) is 0 Å². The monoisotopic (exact) mass is 393 g/mol. The van der Waals surface area contributed by atoms with Crippen molar-refractivity contribution in [1.82, 2.24) is 14.7 Å². The average Bonchev–Trinajstić information content (AvgIpc) is 2.75. The molecule has 0 saturated carbocycles. The summed E-state index contributed by atoms with van der Waals surface area (Å²) in [6, 6.07) is 15.6. The van der Waals surface area contributed by atoms with Crippen molar-refractivity contribution in [2.24, 2.45) is 7.05 Å². The Hall–Kier alpha value is -3.48. The van der Waals surface area contributed by atoms with Crippen LogP contribution < -0.4 is 5.56 Å². The number of amides is 1. The number of rotatable bonds is 6. The zero-order chi connectivity index (χ0) is 21.0. The quantitative estimate of drug-likeness (QED) is 0.602. The van der Waals surface area contributed by atoms with Gasteiger partial charge >= 0.3 is 5.97 Å². The number of ether oxygens (including phenoxy) is 1. The second kappa shape index (κ2) is 8.68. The molecule has 0 aliphatic heterocycles. The van der Waals surface area contributed by atoms with Crippen LogP contribution in [-0.2, 0) is 16.6 Å². The summed E-state index contributed by atoms with van der Waals surface area (Å²) >= 11 is 0. The van der Waals surface area contributed by atoms with Crippen LogP contribution in [0.15, 0.2) is 59.4 Å². The standard InChI is InChI=1S/C22H23N3O4/c1-4-25(5-2)21(27)19(15-11-7-6-8-12-15)29-22(28)18-16-13-9-10-14-17(16)20(26)24(3)23-18/h6-14,19H,4-5H2,1-3H3/t19-/m1/s1. The normalized spacial score (nSPS) is 11.8. The van der Waals surface area contributed by atoms with E-state index in [9.17, 15) is 14.4 Å². The zero-order valence-corrected chi connectivity index (χ0v) is 16.7. The highest BCUT2D eigenvalue weighted by Gasteiger charge is 2.30. The molecule has 0 aliphatic rings. The van der Waals surface area contributed by atoms with Gasteiger partial charge in [0.25, 0.3) is 11.5 Å². The zero-order valence-electron chi connectivity index (χ0n) is 16.7. The van der Waals surface area contributed by atoms with E-state index in [1.165, 1.54) is 7.05 Å². The van der Waals surface area contributed by atoms with Crippen LogP contribution in [0.2, 0.25) is 0 Å². The maximum absolute atomic E-state index is 13.0. The van der Waals surface area contributed by atoms with E-state index in [1.807, 2.05) is 19.9 Å². The third kappa shape index (κ3) is 4.03. The summed E-state index contributed by atoms with van der Waals surface area (Å²) in [6.45, 7) is 4.73. The number of likely N-dealkylation sites (N-methyl/N-ethyl adjacent to an activating group) is 1. The van der Waals surface area contributed by atoms with Crippen LogP contribution in [0, 0.1) is 0 Å². The first-order chi connectivity index (χ1) is 14.0. The van der Waals surface area contributed by atoms with Crippen molar-refractivity contribution >= 4 is 22.6 Å². The van der Waals surface area contributed by atoms with E-state index in [0.717, 1.165) is 4.68 Å². The SMILES string of the molecule is CCN(CC)C(=O)[C@H](OC(=O)c1nn(C)c(=O)c2ccccc12)c1ccccc1. The third-order valence-corrected chi connectivity index (χ3v) is 4.78. The van der Waals surface area contributed by atoms with Gasteiger partial charge in [-0.25, -0.2) is 9.48 Å². The molecule has 3 rings (SSSR count). The number of hydrogen-bond acceptors (Lipinski definition) is 5. The fraction of sp³-hybridized carbons (Fsp3) is 0.273. The minimum atomic E-state index is -1.10. The van der Waals surface area contributed by atoms with Crippen molar-refractivity contribution in [2.75, 3.05) is 13.1 Å². The van der Waals surface area contributed by atoms with Gasteiger partial charge < -0.3 is 9.64 Å². The lowest BCUT2D eigenvalue weighted by atomic mass is 10.1. The molecule has 2 aromatic carbocycles. The second-order valence-corrected chi connectivity index (χ2v) is 6.53. The van der Waals surface area contributed by atoms with E-state index in [0.29, 0.717) is 29.4 Å². The maximum atomic E-state index is 13.0. The molecule has 0 bridgehead atoms. The van der Waals surface area contributed by atoms with Gasteiger partial charge in [-0.3, -0.25) is 9.59 Å². The van der Waals surface area contributed by atoms with Gasteiger partial charge in [-0.2, -0.15) is 5.10 Å². The first kappa shape index (κ1) is 20.3. The van der Waals surface area contributed by atoms with Crippen molar-refractivity contribution in [1.29, 1.82) is 0 Å². The Kier molecular flexibility index (Phi) is 6.07. The molecule has 0 unspecified atom stereocenters. The molecule has 150 valence electrons. The van der Waals surface area contributed by atoms with E-state index < -0.39 is 12.1 Å². The first-order valence-electron chi connectivity index (χ1n) is 9.48. The largest absolute Gasteiger partial charge is 0.442 e. The topological polar surface area (TPSA) is 81.5 Å². The lowest BCUT2D eigenvalue weighted by molar-refractivity contribution is -0.140. The summed E-state index contributed by atoms with van der Waals surface area (Å²) in [5, 5.41) is 4.85. The van der Waals surface area contributed by atoms with E-state index in [4.69, 9.17) is 4.74 Å². The smallest absolute Gasteiger partial charge is 0.360 e. The van der Waals surface area contributed by atoms with Crippen LogP contribution in [-0.4, -0.2) is 39.6 Å². The lowest BCUT2D eigenvalue weighted by Gasteiger charge is -2.25. The number of carbonyl (C=O) groups excluding carboxylic acids is 2. The van der Waals surface area contributed by atoms with Crippen LogP contribution in [0.5, 0.6) is 0 Å². The number of aromatic nitrogens is 2. The predicted octanol–water partition coefficient (Wildman–Crippen LogP) is 2.70. The highest BCUT2D eigenvalue weighted by Crippen LogP contribution is 2.23. The summed E-state index contributed by atoms with van der Waals surface area (Å²) in [6.07, 6.45) is -1.10. The molecule has 1 aromatic heterocycles. The Labute approximate surface area is 168 Å². The maximum Gasteiger partial charge on any atom is 0.360 e. The number of fused-ring (bicyclic) bond motifs is 1. The summed E-state index contributed by atoms with van der Waals surface area (Å²) < 4.78 is 6.76. The molecule has 0 fully saturated rings. The molecular weight excluding hydrogens is 370 g/mol. The fourth-order valence-corrected chi connectivity index (χ4v) is 3.20. The molecule has 0 radical (unpaired) electrons. The van der Waals surface area contributed by atoms with Gasteiger partial charge in [0, 0.05) is 31.1 Å².